The number of fused-ring (bicyclic) bond motifs is 1. The molecular weight excluding hydrogens is 482 g/mol. The molecule has 0 bridgehead atoms. The van der Waals surface area contributed by atoms with E-state index >= 15 is 0 Å². The van der Waals surface area contributed by atoms with Gasteiger partial charge < -0.3 is 9.13 Å². The Morgan fingerprint density at radius 1 is 0.886 bits per heavy atom. The van der Waals surface area contributed by atoms with Gasteiger partial charge in [-0.3, -0.25) is 0 Å². The van der Waals surface area contributed by atoms with Crippen molar-refractivity contribution in [3.8, 4) is 0 Å². The Hall–Kier alpha value is -3.40. The number of benzene rings is 3. The van der Waals surface area contributed by atoms with Gasteiger partial charge in [-0.25, -0.2) is 4.39 Å². The second kappa shape index (κ2) is 8.67. The molecule has 0 radical (unpaired) electrons. The average molecular weight is 504 g/mol. The molecule has 1 saturated carbocycles. The van der Waals surface area contributed by atoms with Crippen molar-refractivity contribution in [3.05, 3.63) is 95.4 Å². The van der Waals surface area contributed by atoms with Gasteiger partial charge in [0.2, 0.25) is 5.62 Å². The fourth-order valence-electron chi connectivity index (χ4n) is 4.10. The summed E-state index contributed by atoms with van der Waals surface area (Å²) in [7, 11) is -4.09. The van der Waals surface area contributed by atoms with Crippen LogP contribution in [0, 0.1) is 11.7 Å². The van der Waals surface area contributed by atoms with Crippen molar-refractivity contribution in [3.63, 3.8) is 0 Å². The van der Waals surface area contributed by atoms with E-state index < -0.39 is 27.6 Å². The maximum absolute atomic E-state index is 14.3. The number of para-hydroxylation sites is 2. The number of halogens is 4. The van der Waals surface area contributed by atoms with Crippen molar-refractivity contribution < 1.29 is 26.0 Å². The number of rotatable bonds is 6. The van der Waals surface area contributed by atoms with Gasteiger partial charge in [0, 0.05) is 6.54 Å². The maximum Gasteiger partial charge on any atom is 0.419 e. The van der Waals surface area contributed by atoms with E-state index in [1.807, 2.05) is 16.7 Å². The second-order valence-corrected chi connectivity index (χ2v) is 10.2. The summed E-state index contributed by atoms with van der Waals surface area (Å²) < 4.78 is 87.3. The number of imidazole rings is 1. The molecule has 1 fully saturated rings. The lowest BCUT2D eigenvalue weighted by Gasteiger charge is -2.11. The molecule has 0 atom stereocenters. The number of aromatic nitrogens is 2. The Morgan fingerprint density at radius 2 is 1.51 bits per heavy atom. The lowest BCUT2D eigenvalue weighted by atomic mass is 10.1. The van der Waals surface area contributed by atoms with Crippen LogP contribution >= 0.6 is 0 Å². The number of hydrogen-bond donors (Lipinski definition) is 0. The van der Waals surface area contributed by atoms with Gasteiger partial charge >= 0.3 is 6.18 Å². The highest BCUT2D eigenvalue weighted by Gasteiger charge is 2.34. The third kappa shape index (κ3) is 4.75. The van der Waals surface area contributed by atoms with E-state index in [-0.39, 0.29) is 22.6 Å². The molecule has 1 aromatic heterocycles. The molecule has 5 nitrogen and oxygen atoms in total. The number of sulfonamides is 1. The van der Waals surface area contributed by atoms with E-state index in [0.717, 1.165) is 24.4 Å². The first-order valence-electron chi connectivity index (χ1n) is 11.0. The third-order valence-corrected chi connectivity index (χ3v) is 7.28. The molecular formula is C25H21F4N3O2S. The molecule has 4 aromatic rings. The summed E-state index contributed by atoms with van der Waals surface area (Å²) in [5, 5.41) is 0. The first-order valence-corrected chi connectivity index (χ1v) is 12.5. The number of alkyl halides is 3. The molecule has 10 heteroatoms. The topological polar surface area (TPSA) is 56.4 Å². The first-order chi connectivity index (χ1) is 16.6. The van der Waals surface area contributed by atoms with Crippen LogP contribution in [0.4, 0.5) is 17.6 Å². The molecule has 0 spiro atoms. The summed E-state index contributed by atoms with van der Waals surface area (Å²) in [6.45, 7) is 0.494. The summed E-state index contributed by atoms with van der Waals surface area (Å²) in [6.07, 6.45) is -2.77. The molecule has 35 heavy (non-hydrogen) atoms. The lowest BCUT2D eigenvalue weighted by Crippen LogP contribution is -2.29. The Kier molecular flexibility index (Phi) is 5.79. The SMILES string of the molecule is O=S(=O)(/N=c1/n(Cc2ccc(C(F)(F)F)c(F)c2)c2ccccc2n1CC1CC1)c1ccccc1. The molecule has 1 heterocycles. The molecule has 5 rings (SSSR count). The van der Waals surface area contributed by atoms with Crippen molar-refractivity contribution >= 4 is 21.1 Å². The standard InChI is InChI=1S/C25H21F4N3O2S/c26-21-14-18(12-13-20(21)25(27,28)29)16-32-23-9-5-4-8-22(23)31(15-17-10-11-17)24(32)30-35(33,34)19-6-2-1-3-7-19/h1-9,12-14,17H,10-11,15-16H2/b30-24+. The van der Waals surface area contributed by atoms with E-state index in [4.69, 9.17) is 0 Å². The minimum absolute atomic E-state index is 0.0235. The van der Waals surface area contributed by atoms with Crippen LogP contribution in [-0.2, 0) is 29.3 Å². The highest BCUT2D eigenvalue weighted by Crippen LogP contribution is 2.33. The van der Waals surface area contributed by atoms with E-state index in [0.29, 0.717) is 24.0 Å². The Bertz CT molecular complexity index is 1570. The Balaban J connectivity index is 1.71. The van der Waals surface area contributed by atoms with Crippen LogP contribution in [0.15, 0.2) is 82.1 Å². The van der Waals surface area contributed by atoms with Gasteiger partial charge in [0.1, 0.15) is 5.82 Å². The largest absolute Gasteiger partial charge is 0.419 e. The van der Waals surface area contributed by atoms with Crippen molar-refractivity contribution in [2.75, 3.05) is 0 Å². The fraction of sp³-hybridized carbons (Fsp3) is 0.240. The number of nitrogens with zero attached hydrogens (tertiary/aromatic N) is 3. The van der Waals surface area contributed by atoms with Gasteiger partial charge in [-0.05, 0) is 60.7 Å². The Morgan fingerprint density at radius 3 is 2.11 bits per heavy atom. The van der Waals surface area contributed by atoms with Crippen LogP contribution < -0.4 is 5.62 Å². The Labute approximate surface area is 199 Å². The second-order valence-electron chi connectivity index (χ2n) is 8.62. The molecule has 1 aliphatic rings. The molecule has 0 amide bonds. The van der Waals surface area contributed by atoms with Gasteiger partial charge in [-0.1, -0.05) is 36.4 Å². The molecule has 0 saturated heterocycles. The van der Waals surface area contributed by atoms with Crippen LogP contribution in [-0.4, -0.2) is 17.6 Å². The monoisotopic (exact) mass is 503 g/mol. The predicted molar refractivity (Wildman–Crippen MR) is 122 cm³/mol. The van der Waals surface area contributed by atoms with Gasteiger partial charge in [0.15, 0.2) is 0 Å². The number of hydrogen-bond acceptors (Lipinski definition) is 2. The highest BCUT2D eigenvalue weighted by molar-refractivity contribution is 7.90. The van der Waals surface area contributed by atoms with Crippen molar-refractivity contribution in [1.82, 2.24) is 9.13 Å². The van der Waals surface area contributed by atoms with Gasteiger partial charge in [0.25, 0.3) is 10.0 Å². The summed E-state index contributed by atoms with van der Waals surface area (Å²) in [5.41, 5.74) is 0.439. The zero-order valence-corrected chi connectivity index (χ0v) is 19.2. The molecule has 1 aliphatic carbocycles. The predicted octanol–water partition coefficient (Wildman–Crippen LogP) is 5.35. The third-order valence-electron chi connectivity index (χ3n) is 6.01. The summed E-state index contributed by atoms with van der Waals surface area (Å²) in [4.78, 5) is 0.0235. The first kappa shape index (κ1) is 23.3. The van der Waals surface area contributed by atoms with E-state index in [2.05, 4.69) is 4.40 Å². The average Bonchev–Trinajstić information content (AvgIpc) is 3.60. The van der Waals surface area contributed by atoms with E-state index in [9.17, 15) is 26.0 Å². The molecule has 0 unspecified atom stereocenters. The summed E-state index contributed by atoms with van der Waals surface area (Å²) in [5.74, 6) is -0.996. The van der Waals surface area contributed by atoms with Crippen molar-refractivity contribution in [2.45, 2.75) is 37.0 Å². The summed E-state index contributed by atoms with van der Waals surface area (Å²) in [6, 6.07) is 17.7. The van der Waals surface area contributed by atoms with Crippen molar-refractivity contribution in [2.24, 2.45) is 10.3 Å². The van der Waals surface area contributed by atoms with Crippen LogP contribution in [0.3, 0.4) is 0 Å². The van der Waals surface area contributed by atoms with Gasteiger partial charge in [-0.2, -0.15) is 21.6 Å². The smallest absolute Gasteiger partial charge is 0.309 e. The minimum atomic E-state index is -4.81. The van der Waals surface area contributed by atoms with Gasteiger partial charge in [0.05, 0.1) is 28.0 Å². The molecule has 3 aromatic carbocycles. The normalized spacial score (nSPS) is 15.1. The van der Waals surface area contributed by atoms with Crippen LogP contribution in [0.1, 0.15) is 24.0 Å². The zero-order chi connectivity index (χ0) is 24.8. The minimum Gasteiger partial charge on any atom is -0.309 e. The highest BCUT2D eigenvalue weighted by atomic mass is 32.2. The molecule has 182 valence electrons. The lowest BCUT2D eigenvalue weighted by molar-refractivity contribution is -0.140. The van der Waals surface area contributed by atoms with Crippen LogP contribution in [0.5, 0.6) is 0 Å². The van der Waals surface area contributed by atoms with Crippen LogP contribution in [0.25, 0.3) is 11.0 Å². The maximum atomic E-state index is 14.3. The quantitative estimate of drug-likeness (QED) is 0.333. The zero-order valence-electron chi connectivity index (χ0n) is 18.4. The fourth-order valence-corrected chi connectivity index (χ4v) is 5.12. The summed E-state index contributed by atoms with van der Waals surface area (Å²) >= 11 is 0. The molecule has 0 N–H and O–H groups in total. The van der Waals surface area contributed by atoms with E-state index in [1.165, 1.54) is 18.2 Å². The van der Waals surface area contributed by atoms with Gasteiger partial charge in [-0.15, -0.1) is 4.40 Å². The van der Waals surface area contributed by atoms with Crippen molar-refractivity contribution in [1.29, 1.82) is 0 Å². The van der Waals surface area contributed by atoms with E-state index in [1.54, 1.807) is 34.9 Å². The van der Waals surface area contributed by atoms with Crippen LogP contribution in [0.2, 0.25) is 0 Å². The molecule has 0 aliphatic heterocycles.